The number of sulfonamides is 1. The summed E-state index contributed by atoms with van der Waals surface area (Å²) in [6.07, 6.45) is 6.80. The molecule has 28 heavy (non-hydrogen) atoms. The molecule has 2 amide bonds. The molecule has 0 atom stereocenters. The third-order valence-corrected chi connectivity index (χ3v) is 6.25. The van der Waals surface area contributed by atoms with E-state index < -0.39 is 16.1 Å². The molecule has 1 fully saturated rings. The molecule has 0 aliphatic heterocycles. The van der Waals surface area contributed by atoms with Crippen LogP contribution in [0.5, 0.6) is 0 Å². The first-order chi connectivity index (χ1) is 13.4. The molecule has 10 heteroatoms. The molecule has 1 heterocycles. The van der Waals surface area contributed by atoms with Crippen molar-refractivity contribution in [1.29, 1.82) is 0 Å². The highest BCUT2D eigenvalue weighted by Crippen LogP contribution is 2.25. The van der Waals surface area contributed by atoms with Crippen molar-refractivity contribution in [3.8, 4) is 5.69 Å². The minimum Gasteiger partial charge on any atom is -0.337 e. The number of hydrogen-bond donors (Lipinski definition) is 3. The molecule has 0 unspecified atom stereocenters. The van der Waals surface area contributed by atoms with E-state index in [9.17, 15) is 13.2 Å². The zero-order valence-corrected chi connectivity index (χ0v) is 17.0. The number of carbonyl (C=O) groups is 1. The van der Waals surface area contributed by atoms with Gasteiger partial charge in [-0.3, -0.25) is 0 Å². The van der Waals surface area contributed by atoms with Crippen molar-refractivity contribution in [3.63, 3.8) is 0 Å². The van der Waals surface area contributed by atoms with Gasteiger partial charge in [-0.2, -0.15) is 5.10 Å². The van der Waals surface area contributed by atoms with E-state index in [2.05, 4.69) is 20.5 Å². The molecular formula is C18H24ClN5O3S. The van der Waals surface area contributed by atoms with Crippen LogP contribution in [0, 0.1) is 5.92 Å². The minimum atomic E-state index is -3.36. The number of aromatic nitrogens is 2. The van der Waals surface area contributed by atoms with E-state index >= 15 is 0 Å². The maximum absolute atomic E-state index is 11.9. The average molecular weight is 426 g/mol. The predicted molar refractivity (Wildman–Crippen MR) is 108 cm³/mol. The number of carbonyl (C=O) groups excluding carboxylic acids is 1. The molecule has 1 saturated carbocycles. The Morgan fingerprint density at radius 2 is 1.96 bits per heavy atom. The van der Waals surface area contributed by atoms with E-state index in [1.54, 1.807) is 29.2 Å². The van der Waals surface area contributed by atoms with E-state index in [0.29, 0.717) is 17.5 Å². The summed E-state index contributed by atoms with van der Waals surface area (Å²) in [5.41, 5.74) is 1.68. The van der Waals surface area contributed by atoms with Crippen molar-refractivity contribution in [2.75, 3.05) is 18.8 Å². The Kier molecular flexibility index (Phi) is 6.93. The normalized spacial score (nSPS) is 14.5. The molecule has 0 spiro atoms. The zero-order chi connectivity index (χ0) is 20.0. The van der Waals surface area contributed by atoms with Crippen LogP contribution in [0.1, 0.15) is 24.8 Å². The first-order valence-electron chi connectivity index (χ1n) is 9.20. The van der Waals surface area contributed by atoms with Crippen LogP contribution in [0.3, 0.4) is 0 Å². The molecule has 1 aromatic heterocycles. The molecule has 0 saturated heterocycles. The van der Waals surface area contributed by atoms with Crippen molar-refractivity contribution in [2.24, 2.45) is 5.92 Å². The lowest BCUT2D eigenvalue weighted by Gasteiger charge is -2.25. The van der Waals surface area contributed by atoms with Gasteiger partial charge in [-0.05, 0) is 43.0 Å². The number of benzene rings is 1. The smallest absolute Gasteiger partial charge is 0.315 e. The van der Waals surface area contributed by atoms with Crippen molar-refractivity contribution in [2.45, 2.75) is 25.8 Å². The molecule has 1 aromatic carbocycles. The number of hydrogen-bond acceptors (Lipinski definition) is 4. The van der Waals surface area contributed by atoms with Crippen molar-refractivity contribution < 1.29 is 13.2 Å². The van der Waals surface area contributed by atoms with E-state index in [1.165, 1.54) is 6.42 Å². The minimum absolute atomic E-state index is 0.0515. The lowest BCUT2D eigenvalue weighted by molar-refractivity contribution is 0.241. The third-order valence-electron chi connectivity index (χ3n) is 4.65. The van der Waals surface area contributed by atoms with Gasteiger partial charge >= 0.3 is 6.03 Å². The van der Waals surface area contributed by atoms with Crippen molar-refractivity contribution >= 4 is 27.7 Å². The number of amides is 2. The van der Waals surface area contributed by atoms with Gasteiger partial charge in [-0.1, -0.05) is 18.0 Å². The van der Waals surface area contributed by atoms with Gasteiger partial charge in [-0.15, -0.1) is 0 Å². The first-order valence-corrected chi connectivity index (χ1v) is 11.2. The lowest BCUT2D eigenvalue weighted by atomic mass is 9.86. The average Bonchev–Trinajstić information content (AvgIpc) is 3.08. The highest BCUT2D eigenvalue weighted by atomic mass is 35.5. The van der Waals surface area contributed by atoms with Gasteiger partial charge in [-0.25, -0.2) is 22.6 Å². The molecule has 1 aliphatic rings. The molecule has 1 aliphatic carbocycles. The standard InChI is InChI=1S/C18H24ClN5O3S/c19-16-4-6-17(7-5-16)24-13-15(11-22-24)10-21-18(25)20-8-9-28(26,27)23-12-14-2-1-3-14/h4-7,11,13-14,23H,1-3,8-10,12H2,(H2,20,21,25). The van der Waals surface area contributed by atoms with E-state index in [-0.39, 0.29) is 18.8 Å². The fourth-order valence-electron chi connectivity index (χ4n) is 2.74. The van der Waals surface area contributed by atoms with Gasteiger partial charge in [0.05, 0.1) is 17.6 Å². The van der Waals surface area contributed by atoms with Crippen LogP contribution >= 0.6 is 11.6 Å². The zero-order valence-electron chi connectivity index (χ0n) is 15.4. The van der Waals surface area contributed by atoms with Crippen LogP contribution in [0.25, 0.3) is 5.69 Å². The summed E-state index contributed by atoms with van der Waals surface area (Å²) in [6, 6.07) is 6.82. The quantitative estimate of drug-likeness (QED) is 0.571. The lowest BCUT2D eigenvalue weighted by Crippen LogP contribution is -2.40. The molecule has 8 nitrogen and oxygen atoms in total. The summed E-state index contributed by atoms with van der Waals surface area (Å²) >= 11 is 5.87. The Balaban J connectivity index is 1.36. The Hall–Kier alpha value is -2.10. The van der Waals surface area contributed by atoms with Crippen LogP contribution in [0.2, 0.25) is 5.02 Å². The van der Waals surface area contributed by atoms with Crippen molar-refractivity contribution in [1.82, 2.24) is 25.1 Å². The second-order valence-electron chi connectivity index (χ2n) is 6.84. The van der Waals surface area contributed by atoms with E-state index in [0.717, 1.165) is 24.1 Å². The van der Waals surface area contributed by atoms with E-state index in [1.807, 2.05) is 12.1 Å². The number of rotatable bonds is 9. The van der Waals surface area contributed by atoms with Gasteiger partial charge < -0.3 is 10.6 Å². The summed E-state index contributed by atoms with van der Waals surface area (Å²) in [5.74, 6) is 0.321. The highest BCUT2D eigenvalue weighted by Gasteiger charge is 2.20. The van der Waals surface area contributed by atoms with Crippen LogP contribution < -0.4 is 15.4 Å². The van der Waals surface area contributed by atoms with Crippen LogP contribution in [0.4, 0.5) is 4.79 Å². The van der Waals surface area contributed by atoms with Gasteiger partial charge in [0.15, 0.2) is 0 Å². The van der Waals surface area contributed by atoms with E-state index in [4.69, 9.17) is 11.6 Å². The topological polar surface area (TPSA) is 105 Å². The fraction of sp³-hybridized carbons (Fsp3) is 0.444. The monoisotopic (exact) mass is 425 g/mol. The number of nitrogens with zero attached hydrogens (tertiary/aromatic N) is 2. The van der Waals surface area contributed by atoms with Crippen LogP contribution in [-0.2, 0) is 16.6 Å². The largest absolute Gasteiger partial charge is 0.337 e. The summed E-state index contributed by atoms with van der Waals surface area (Å²) in [6.45, 7) is 0.827. The maximum atomic E-state index is 11.9. The maximum Gasteiger partial charge on any atom is 0.315 e. The van der Waals surface area contributed by atoms with Gasteiger partial charge in [0.1, 0.15) is 0 Å². The third kappa shape index (κ3) is 6.22. The SMILES string of the molecule is O=C(NCCS(=O)(=O)NCC1CCC1)NCc1cnn(-c2ccc(Cl)cc2)c1. The Morgan fingerprint density at radius 1 is 1.21 bits per heavy atom. The van der Waals surface area contributed by atoms with Gasteiger partial charge in [0, 0.05) is 36.4 Å². The van der Waals surface area contributed by atoms with Crippen LogP contribution in [0.15, 0.2) is 36.7 Å². The van der Waals surface area contributed by atoms with Crippen molar-refractivity contribution in [3.05, 3.63) is 47.2 Å². The molecule has 0 bridgehead atoms. The second kappa shape index (κ2) is 9.40. The summed E-state index contributed by atoms with van der Waals surface area (Å²) in [7, 11) is -3.36. The van der Waals surface area contributed by atoms with Gasteiger partial charge in [0.2, 0.25) is 10.0 Å². The Bertz CT molecular complexity index is 894. The summed E-state index contributed by atoms with van der Waals surface area (Å²) in [5, 5.41) is 10.1. The molecule has 3 N–H and O–H groups in total. The Morgan fingerprint density at radius 3 is 2.64 bits per heavy atom. The number of halogens is 1. The summed E-state index contributed by atoms with van der Waals surface area (Å²) in [4.78, 5) is 11.9. The fourth-order valence-corrected chi connectivity index (χ4v) is 3.87. The number of urea groups is 1. The molecular weight excluding hydrogens is 402 g/mol. The second-order valence-corrected chi connectivity index (χ2v) is 9.21. The highest BCUT2D eigenvalue weighted by molar-refractivity contribution is 7.89. The Labute approximate surface area is 169 Å². The molecule has 152 valence electrons. The molecule has 2 aromatic rings. The van der Waals surface area contributed by atoms with Gasteiger partial charge in [0.25, 0.3) is 0 Å². The molecule has 0 radical (unpaired) electrons. The van der Waals surface area contributed by atoms with Crippen LogP contribution in [-0.4, -0.2) is 43.1 Å². The first kappa shape index (κ1) is 20.6. The predicted octanol–water partition coefficient (Wildman–Crippen LogP) is 2.04. The number of nitrogens with one attached hydrogen (secondary N) is 3. The molecule has 3 rings (SSSR count). The summed E-state index contributed by atoms with van der Waals surface area (Å²) < 4.78 is 28.1.